The van der Waals surface area contributed by atoms with Crippen LogP contribution in [0.15, 0.2) is 36.7 Å². The lowest BCUT2D eigenvalue weighted by molar-refractivity contribution is 0.102. The molecule has 1 aromatic heterocycles. The minimum absolute atomic E-state index is 0.250. The SMILES string of the molecule is CCCNc1cnccc1C(=O)Nc1ccc(F)cc1I. The summed E-state index contributed by atoms with van der Waals surface area (Å²) in [5.74, 6) is -0.577. The van der Waals surface area contributed by atoms with E-state index < -0.39 is 0 Å². The molecule has 21 heavy (non-hydrogen) atoms. The summed E-state index contributed by atoms with van der Waals surface area (Å²) in [4.78, 5) is 16.4. The first-order valence-corrected chi connectivity index (χ1v) is 7.64. The fourth-order valence-corrected chi connectivity index (χ4v) is 2.39. The Hall–Kier alpha value is -1.70. The second-order valence-electron chi connectivity index (χ2n) is 4.43. The summed E-state index contributed by atoms with van der Waals surface area (Å²) in [6.07, 6.45) is 4.15. The van der Waals surface area contributed by atoms with Crippen LogP contribution in [0.3, 0.4) is 0 Å². The lowest BCUT2D eigenvalue weighted by atomic mass is 10.2. The van der Waals surface area contributed by atoms with E-state index in [4.69, 9.17) is 0 Å². The van der Waals surface area contributed by atoms with Gasteiger partial charge < -0.3 is 10.6 Å². The average Bonchev–Trinajstić information content (AvgIpc) is 2.48. The molecule has 1 aromatic carbocycles. The zero-order valence-electron chi connectivity index (χ0n) is 11.5. The number of hydrogen-bond acceptors (Lipinski definition) is 3. The van der Waals surface area contributed by atoms with Crippen molar-refractivity contribution in [2.45, 2.75) is 13.3 Å². The molecule has 0 aliphatic rings. The number of pyridine rings is 1. The van der Waals surface area contributed by atoms with Crippen LogP contribution in [0, 0.1) is 9.39 Å². The lowest BCUT2D eigenvalue weighted by Gasteiger charge is -2.12. The van der Waals surface area contributed by atoms with Gasteiger partial charge in [0, 0.05) is 16.3 Å². The number of halogens is 2. The fraction of sp³-hybridized carbons (Fsp3) is 0.200. The van der Waals surface area contributed by atoms with Crippen LogP contribution in [0.1, 0.15) is 23.7 Å². The first kappa shape index (κ1) is 15.7. The van der Waals surface area contributed by atoms with E-state index in [0.717, 1.165) is 13.0 Å². The molecule has 2 rings (SSSR count). The van der Waals surface area contributed by atoms with Crippen LogP contribution in [-0.2, 0) is 0 Å². The predicted octanol–water partition coefficient (Wildman–Crippen LogP) is 3.90. The Balaban J connectivity index is 2.20. The third-order valence-corrected chi connectivity index (χ3v) is 3.70. The normalized spacial score (nSPS) is 10.2. The maximum atomic E-state index is 13.1. The Kier molecular flexibility index (Phi) is 5.49. The first-order chi connectivity index (χ1) is 10.1. The van der Waals surface area contributed by atoms with Crippen LogP contribution in [0.25, 0.3) is 0 Å². The lowest BCUT2D eigenvalue weighted by Crippen LogP contribution is -2.16. The highest BCUT2D eigenvalue weighted by Gasteiger charge is 2.13. The Bertz CT molecular complexity index is 649. The molecule has 0 saturated carbocycles. The van der Waals surface area contributed by atoms with Gasteiger partial charge in [-0.3, -0.25) is 9.78 Å². The molecule has 2 aromatic rings. The summed E-state index contributed by atoms with van der Waals surface area (Å²) >= 11 is 1.99. The predicted molar refractivity (Wildman–Crippen MR) is 90.1 cm³/mol. The Labute approximate surface area is 136 Å². The van der Waals surface area contributed by atoms with Gasteiger partial charge in [0.1, 0.15) is 5.82 Å². The number of carbonyl (C=O) groups excluding carboxylic acids is 1. The van der Waals surface area contributed by atoms with E-state index >= 15 is 0 Å². The third-order valence-electron chi connectivity index (χ3n) is 2.81. The number of amides is 1. The number of benzene rings is 1. The molecule has 0 aliphatic carbocycles. The van der Waals surface area contributed by atoms with Gasteiger partial charge in [-0.05, 0) is 53.3 Å². The van der Waals surface area contributed by atoms with E-state index in [1.54, 1.807) is 24.5 Å². The van der Waals surface area contributed by atoms with E-state index in [-0.39, 0.29) is 11.7 Å². The fourth-order valence-electron chi connectivity index (χ4n) is 1.77. The third kappa shape index (κ3) is 4.13. The van der Waals surface area contributed by atoms with Crippen LogP contribution in [-0.4, -0.2) is 17.4 Å². The van der Waals surface area contributed by atoms with Gasteiger partial charge in [0.25, 0.3) is 5.91 Å². The van der Waals surface area contributed by atoms with Crippen molar-refractivity contribution in [2.75, 3.05) is 17.2 Å². The molecule has 0 bridgehead atoms. The molecule has 0 unspecified atom stereocenters. The summed E-state index contributed by atoms with van der Waals surface area (Å²) in [6.45, 7) is 2.81. The minimum atomic E-state index is -0.327. The van der Waals surface area contributed by atoms with Gasteiger partial charge >= 0.3 is 0 Å². The number of carbonyl (C=O) groups is 1. The van der Waals surface area contributed by atoms with Gasteiger partial charge in [0.15, 0.2) is 0 Å². The monoisotopic (exact) mass is 399 g/mol. The van der Waals surface area contributed by atoms with E-state index in [2.05, 4.69) is 15.6 Å². The molecular formula is C15H15FIN3O. The molecule has 0 radical (unpaired) electrons. The van der Waals surface area contributed by atoms with Crippen molar-refractivity contribution in [1.82, 2.24) is 4.98 Å². The molecule has 0 atom stereocenters. The van der Waals surface area contributed by atoms with Gasteiger partial charge in [-0.15, -0.1) is 0 Å². The number of hydrogen-bond donors (Lipinski definition) is 2. The molecular weight excluding hydrogens is 384 g/mol. The molecule has 6 heteroatoms. The van der Waals surface area contributed by atoms with Crippen molar-refractivity contribution in [1.29, 1.82) is 0 Å². The van der Waals surface area contributed by atoms with Crippen molar-refractivity contribution in [3.63, 3.8) is 0 Å². The van der Waals surface area contributed by atoms with Crippen LogP contribution in [0.5, 0.6) is 0 Å². The highest BCUT2D eigenvalue weighted by molar-refractivity contribution is 14.1. The van der Waals surface area contributed by atoms with Crippen molar-refractivity contribution in [3.05, 3.63) is 51.6 Å². The number of anilines is 2. The van der Waals surface area contributed by atoms with Crippen LogP contribution in [0.2, 0.25) is 0 Å². The van der Waals surface area contributed by atoms with E-state index in [1.165, 1.54) is 12.1 Å². The van der Waals surface area contributed by atoms with Crippen LogP contribution in [0.4, 0.5) is 15.8 Å². The summed E-state index contributed by atoms with van der Waals surface area (Å²) in [6, 6.07) is 5.90. The summed E-state index contributed by atoms with van der Waals surface area (Å²) in [5.41, 5.74) is 1.78. The second kappa shape index (κ2) is 7.35. The smallest absolute Gasteiger partial charge is 0.257 e. The van der Waals surface area contributed by atoms with Gasteiger partial charge in [0.05, 0.1) is 23.1 Å². The maximum absolute atomic E-state index is 13.1. The van der Waals surface area contributed by atoms with E-state index in [9.17, 15) is 9.18 Å². The van der Waals surface area contributed by atoms with E-state index in [1.807, 2.05) is 29.5 Å². The Morgan fingerprint density at radius 1 is 1.33 bits per heavy atom. The molecule has 4 nitrogen and oxygen atoms in total. The molecule has 1 heterocycles. The summed E-state index contributed by atoms with van der Waals surface area (Å²) in [7, 11) is 0. The number of nitrogens with zero attached hydrogens (tertiary/aromatic N) is 1. The Morgan fingerprint density at radius 2 is 2.14 bits per heavy atom. The van der Waals surface area contributed by atoms with Crippen molar-refractivity contribution >= 4 is 39.9 Å². The largest absolute Gasteiger partial charge is 0.383 e. The average molecular weight is 399 g/mol. The summed E-state index contributed by atoms with van der Waals surface area (Å²) < 4.78 is 13.7. The molecule has 110 valence electrons. The van der Waals surface area contributed by atoms with Crippen molar-refractivity contribution < 1.29 is 9.18 Å². The molecule has 0 aliphatic heterocycles. The Morgan fingerprint density at radius 3 is 2.86 bits per heavy atom. The van der Waals surface area contributed by atoms with Gasteiger partial charge in [-0.2, -0.15) is 0 Å². The molecule has 0 spiro atoms. The quantitative estimate of drug-likeness (QED) is 0.750. The van der Waals surface area contributed by atoms with Crippen molar-refractivity contribution in [2.24, 2.45) is 0 Å². The highest BCUT2D eigenvalue weighted by Crippen LogP contribution is 2.21. The zero-order valence-corrected chi connectivity index (χ0v) is 13.6. The van der Waals surface area contributed by atoms with Crippen LogP contribution >= 0.6 is 22.6 Å². The topological polar surface area (TPSA) is 54.0 Å². The molecule has 0 fully saturated rings. The van der Waals surface area contributed by atoms with Gasteiger partial charge in [0.2, 0.25) is 0 Å². The number of aromatic nitrogens is 1. The highest BCUT2D eigenvalue weighted by atomic mass is 127. The van der Waals surface area contributed by atoms with Crippen LogP contribution < -0.4 is 10.6 Å². The molecule has 2 N–H and O–H groups in total. The number of rotatable bonds is 5. The van der Waals surface area contributed by atoms with Gasteiger partial charge in [-0.25, -0.2) is 4.39 Å². The minimum Gasteiger partial charge on any atom is -0.383 e. The molecule has 1 amide bonds. The maximum Gasteiger partial charge on any atom is 0.257 e. The zero-order chi connectivity index (χ0) is 15.2. The van der Waals surface area contributed by atoms with E-state index in [0.29, 0.717) is 20.5 Å². The van der Waals surface area contributed by atoms with Gasteiger partial charge in [-0.1, -0.05) is 6.92 Å². The molecule has 0 saturated heterocycles. The first-order valence-electron chi connectivity index (χ1n) is 6.56. The number of nitrogens with one attached hydrogen (secondary N) is 2. The standard InChI is InChI=1S/C15H15FIN3O/c1-2-6-19-14-9-18-7-5-11(14)15(21)20-13-4-3-10(16)8-12(13)17/h3-5,7-9,19H,2,6H2,1H3,(H,20,21). The van der Waals surface area contributed by atoms with Crippen molar-refractivity contribution in [3.8, 4) is 0 Å². The second-order valence-corrected chi connectivity index (χ2v) is 5.59. The summed E-state index contributed by atoms with van der Waals surface area (Å²) in [5, 5.41) is 5.96.